The summed E-state index contributed by atoms with van der Waals surface area (Å²) in [5.41, 5.74) is 2.83. The highest BCUT2D eigenvalue weighted by molar-refractivity contribution is 5.79. The SMILES string of the molecule is c1coc(CN2CCCC(c3nc(-c4ccc5nc[nH]c5c4)no3)C2)c1. The average molecular weight is 349 g/mol. The molecule has 0 bridgehead atoms. The van der Waals surface area contributed by atoms with Crippen LogP contribution < -0.4 is 0 Å². The monoisotopic (exact) mass is 349 g/mol. The summed E-state index contributed by atoms with van der Waals surface area (Å²) in [6.07, 6.45) is 5.59. The average Bonchev–Trinajstić information content (AvgIpc) is 3.42. The number of rotatable bonds is 4. The molecule has 1 fully saturated rings. The Bertz CT molecular complexity index is 1000. The summed E-state index contributed by atoms with van der Waals surface area (Å²) in [6.45, 7) is 2.79. The highest BCUT2D eigenvalue weighted by Crippen LogP contribution is 2.29. The number of aromatic amines is 1. The Kier molecular flexibility index (Phi) is 3.79. The number of imidazole rings is 1. The summed E-state index contributed by atoms with van der Waals surface area (Å²) >= 11 is 0. The van der Waals surface area contributed by atoms with E-state index in [0.29, 0.717) is 11.7 Å². The maximum atomic E-state index is 5.60. The topological polar surface area (TPSA) is 84.0 Å². The molecule has 1 aliphatic rings. The maximum absolute atomic E-state index is 5.60. The summed E-state index contributed by atoms with van der Waals surface area (Å²) in [6, 6.07) is 9.88. The summed E-state index contributed by atoms with van der Waals surface area (Å²) in [5.74, 6) is 2.59. The van der Waals surface area contributed by atoms with Gasteiger partial charge < -0.3 is 13.9 Å². The maximum Gasteiger partial charge on any atom is 0.231 e. The Hall–Kier alpha value is -2.93. The second kappa shape index (κ2) is 6.42. The van der Waals surface area contributed by atoms with Crippen LogP contribution in [0.2, 0.25) is 0 Å². The molecule has 1 aromatic carbocycles. The lowest BCUT2D eigenvalue weighted by molar-refractivity contribution is 0.169. The van der Waals surface area contributed by atoms with Crippen LogP contribution in [0.15, 0.2) is 51.9 Å². The van der Waals surface area contributed by atoms with Crippen LogP contribution in [0.5, 0.6) is 0 Å². The van der Waals surface area contributed by atoms with Crippen LogP contribution in [0.25, 0.3) is 22.4 Å². The molecule has 4 aromatic rings. The molecular weight excluding hydrogens is 330 g/mol. The Morgan fingerprint density at radius 1 is 1.27 bits per heavy atom. The standard InChI is InChI=1S/C19H19N5O2/c1-3-14(10-24(7-1)11-15-4-2-8-25-15)19-22-18(23-26-19)13-5-6-16-17(9-13)21-12-20-16/h2,4-6,8-9,12,14H,1,3,7,10-11H2,(H,20,21). The van der Waals surface area contributed by atoms with E-state index in [4.69, 9.17) is 8.94 Å². The predicted molar refractivity (Wildman–Crippen MR) is 95.3 cm³/mol. The van der Waals surface area contributed by atoms with Gasteiger partial charge in [-0.05, 0) is 49.7 Å². The Balaban J connectivity index is 1.34. The molecule has 0 amide bonds. The zero-order valence-electron chi connectivity index (χ0n) is 14.3. The van der Waals surface area contributed by atoms with Crippen LogP contribution in [-0.4, -0.2) is 38.1 Å². The highest BCUT2D eigenvalue weighted by Gasteiger charge is 2.26. The summed E-state index contributed by atoms with van der Waals surface area (Å²) in [7, 11) is 0. The molecule has 7 heteroatoms. The van der Waals surface area contributed by atoms with E-state index in [0.717, 1.165) is 54.8 Å². The fourth-order valence-electron chi connectivity index (χ4n) is 3.62. The molecule has 4 heterocycles. The van der Waals surface area contributed by atoms with Gasteiger partial charge in [0.1, 0.15) is 5.76 Å². The van der Waals surface area contributed by atoms with Gasteiger partial charge in [-0.25, -0.2) is 4.98 Å². The molecule has 1 aliphatic heterocycles. The number of benzene rings is 1. The lowest BCUT2D eigenvalue weighted by atomic mass is 9.98. The number of nitrogens with zero attached hydrogens (tertiary/aromatic N) is 4. The minimum absolute atomic E-state index is 0.260. The Morgan fingerprint density at radius 2 is 2.27 bits per heavy atom. The van der Waals surface area contributed by atoms with Crippen molar-refractivity contribution in [3.8, 4) is 11.4 Å². The van der Waals surface area contributed by atoms with Crippen molar-refractivity contribution in [2.24, 2.45) is 0 Å². The van der Waals surface area contributed by atoms with Gasteiger partial charge >= 0.3 is 0 Å². The number of piperidine rings is 1. The Morgan fingerprint density at radius 3 is 3.19 bits per heavy atom. The molecule has 1 atom stereocenters. The zero-order chi connectivity index (χ0) is 17.3. The lowest BCUT2D eigenvalue weighted by Gasteiger charge is -2.30. The molecular formula is C19H19N5O2. The van der Waals surface area contributed by atoms with Crippen molar-refractivity contribution < 1.29 is 8.94 Å². The van der Waals surface area contributed by atoms with E-state index in [1.807, 2.05) is 30.3 Å². The fourth-order valence-corrected chi connectivity index (χ4v) is 3.62. The van der Waals surface area contributed by atoms with Gasteiger partial charge in [0.15, 0.2) is 0 Å². The van der Waals surface area contributed by atoms with E-state index < -0.39 is 0 Å². The van der Waals surface area contributed by atoms with Gasteiger partial charge in [0.2, 0.25) is 11.7 Å². The van der Waals surface area contributed by atoms with E-state index >= 15 is 0 Å². The number of nitrogens with one attached hydrogen (secondary N) is 1. The number of H-pyrrole nitrogens is 1. The van der Waals surface area contributed by atoms with Crippen molar-refractivity contribution in [2.75, 3.05) is 13.1 Å². The lowest BCUT2D eigenvalue weighted by Crippen LogP contribution is -2.33. The van der Waals surface area contributed by atoms with E-state index in [1.54, 1.807) is 12.6 Å². The largest absolute Gasteiger partial charge is 0.468 e. The van der Waals surface area contributed by atoms with Crippen LogP contribution in [0, 0.1) is 0 Å². The van der Waals surface area contributed by atoms with Crippen molar-refractivity contribution in [1.29, 1.82) is 0 Å². The van der Waals surface area contributed by atoms with E-state index in [2.05, 4.69) is 25.0 Å². The highest BCUT2D eigenvalue weighted by atomic mass is 16.5. The zero-order valence-corrected chi connectivity index (χ0v) is 14.3. The molecule has 1 unspecified atom stereocenters. The minimum Gasteiger partial charge on any atom is -0.468 e. The Labute approximate surface area is 150 Å². The molecule has 0 spiro atoms. The van der Waals surface area contributed by atoms with Crippen molar-refractivity contribution in [3.05, 3.63) is 54.6 Å². The van der Waals surface area contributed by atoms with Crippen LogP contribution in [0.3, 0.4) is 0 Å². The summed E-state index contributed by atoms with van der Waals surface area (Å²) in [5, 5.41) is 4.20. The quantitative estimate of drug-likeness (QED) is 0.606. The molecule has 7 nitrogen and oxygen atoms in total. The first kappa shape index (κ1) is 15.3. The normalized spacial score (nSPS) is 18.5. The third-order valence-electron chi connectivity index (χ3n) is 4.93. The van der Waals surface area contributed by atoms with Crippen LogP contribution in [0.4, 0.5) is 0 Å². The van der Waals surface area contributed by atoms with Crippen molar-refractivity contribution >= 4 is 11.0 Å². The molecule has 0 aliphatic carbocycles. The van der Waals surface area contributed by atoms with Crippen molar-refractivity contribution in [1.82, 2.24) is 25.0 Å². The van der Waals surface area contributed by atoms with Gasteiger partial charge in [-0.1, -0.05) is 5.16 Å². The fraction of sp³-hybridized carbons (Fsp3) is 0.316. The molecule has 5 rings (SSSR count). The van der Waals surface area contributed by atoms with Gasteiger partial charge in [0.25, 0.3) is 0 Å². The van der Waals surface area contributed by atoms with Gasteiger partial charge in [0.05, 0.1) is 36.1 Å². The second-order valence-corrected chi connectivity index (χ2v) is 6.74. The van der Waals surface area contributed by atoms with Crippen LogP contribution >= 0.6 is 0 Å². The smallest absolute Gasteiger partial charge is 0.231 e. The van der Waals surface area contributed by atoms with E-state index in [9.17, 15) is 0 Å². The van der Waals surface area contributed by atoms with Gasteiger partial charge in [0, 0.05) is 12.1 Å². The number of aromatic nitrogens is 4. The van der Waals surface area contributed by atoms with Crippen molar-refractivity contribution in [3.63, 3.8) is 0 Å². The third kappa shape index (κ3) is 2.90. The van der Waals surface area contributed by atoms with Gasteiger partial charge in [-0.15, -0.1) is 0 Å². The molecule has 26 heavy (non-hydrogen) atoms. The number of furan rings is 1. The molecule has 1 N–H and O–H groups in total. The first-order chi connectivity index (χ1) is 12.8. The van der Waals surface area contributed by atoms with E-state index in [1.165, 1.54) is 0 Å². The van der Waals surface area contributed by atoms with Crippen molar-refractivity contribution in [2.45, 2.75) is 25.3 Å². The van der Waals surface area contributed by atoms with E-state index in [-0.39, 0.29) is 5.92 Å². The summed E-state index contributed by atoms with van der Waals surface area (Å²) < 4.78 is 11.1. The number of likely N-dealkylation sites (tertiary alicyclic amines) is 1. The molecule has 1 saturated heterocycles. The number of hydrogen-bond donors (Lipinski definition) is 1. The molecule has 132 valence electrons. The second-order valence-electron chi connectivity index (χ2n) is 6.74. The molecule has 0 radical (unpaired) electrons. The minimum atomic E-state index is 0.260. The molecule has 3 aromatic heterocycles. The third-order valence-corrected chi connectivity index (χ3v) is 4.93. The first-order valence-corrected chi connectivity index (χ1v) is 8.87. The summed E-state index contributed by atoms with van der Waals surface area (Å²) in [4.78, 5) is 14.4. The number of fused-ring (bicyclic) bond motifs is 1. The first-order valence-electron chi connectivity index (χ1n) is 8.87. The van der Waals surface area contributed by atoms with Crippen LogP contribution in [0.1, 0.15) is 30.4 Å². The number of hydrogen-bond acceptors (Lipinski definition) is 6. The van der Waals surface area contributed by atoms with Gasteiger partial charge in [-0.3, -0.25) is 4.90 Å². The van der Waals surface area contributed by atoms with Crippen LogP contribution in [-0.2, 0) is 6.54 Å². The predicted octanol–water partition coefficient (Wildman–Crippen LogP) is 3.59. The van der Waals surface area contributed by atoms with Gasteiger partial charge in [-0.2, -0.15) is 4.98 Å². The molecule has 0 saturated carbocycles.